The number of anilines is 1. The van der Waals surface area contributed by atoms with Gasteiger partial charge in [-0.15, -0.1) is 0 Å². The fourth-order valence-electron chi connectivity index (χ4n) is 3.91. The molecule has 1 saturated carbocycles. The van der Waals surface area contributed by atoms with Crippen LogP contribution in [0.1, 0.15) is 19.3 Å². The molecular weight excluding hydrogens is 348 g/mol. The van der Waals surface area contributed by atoms with Crippen LogP contribution in [-0.4, -0.2) is 46.4 Å². The molecule has 1 aliphatic heterocycles. The fraction of sp³-hybridized carbons (Fsp3) is 0.400. The van der Waals surface area contributed by atoms with E-state index in [1.807, 2.05) is 23.1 Å². The fourth-order valence-corrected chi connectivity index (χ4v) is 4.07. The molecule has 6 heteroatoms. The van der Waals surface area contributed by atoms with Crippen LogP contribution in [0.2, 0.25) is 5.02 Å². The van der Waals surface area contributed by atoms with Crippen LogP contribution < -0.4 is 4.90 Å². The summed E-state index contributed by atoms with van der Waals surface area (Å²) in [6.45, 7) is 3.35. The van der Waals surface area contributed by atoms with Gasteiger partial charge in [-0.1, -0.05) is 11.6 Å². The number of fused-ring (bicyclic) bond motifs is 3. The number of amides is 1. The van der Waals surface area contributed by atoms with Crippen LogP contribution in [0.5, 0.6) is 0 Å². The van der Waals surface area contributed by atoms with Gasteiger partial charge in [0.05, 0.1) is 16.6 Å². The summed E-state index contributed by atoms with van der Waals surface area (Å²) in [6.07, 6.45) is 5.17. The van der Waals surface area contributed by atoms with Crippen LogP contribution in [0.25, 0.3) is 16.6 Å². The Kier molecular flexibility index (Phi) is 3.78. The summed E-state index contributed by atoms with van der Waals surface area (Å²) in [7, 11) is 0. The Morgan fingerprint density at radius 2 is 1.96 bits per heavy atom. The van der Waals surface area contributed by atoms with Crippen molar-refractivity contribution in [2.75, 3.05) is 31.1 Å². The Morgan fingerprint density at radius 1 is 1.08 bits per heavy atom. The van der Waals surface area contributed by atoms with E-state index in [-0.39, 0.29) is 0 Å². The maximum atomic E-state index is 12.4. The number of aromatic nitrogens is 2. The van der Waals surface area contributed by atoms with E-state index in [4.69, 9.17) is 16.6 Å². The molecule has 1 saturated heterocycles. The van der Waals surface area contributed by atoms with Gasteiger partial charge < -0.3 is 14.2 Å². The summed E-state index contributed by atoms with van der Waals surface area (Å²) in [5, 5.41) is 0.694. The molecule has 0 unspecified atom stereocenters. The largest absolute Gasteiger partial charge is 0.353 e. The molecule has 2 aliphatic rings. The van der Waals surface area contributed by atoms with Crippen molar-refractivity contribution in [3.63, 3.8) is 0 Å². The molecule has 0 N–H and O–H groups in total. The highest BCUT2D eigenvalue weighted by Gasteiger charge is 2.34. The Hall–Kier alpha value is -2.27. The van der Waals surface area contributed by atoms with Crippen molar-refractivity contribution >= 4 is 39.9 Å². The van der Waals surface area contributed by atoms with Crippen molar-refractivity contribution in [1.82, 2.24) is 14.3 Å². The molecule has 1 aromatic carbocycles. The first-order chi connectivity index (χ1) is 12.7. The summed E-state index contributed by atoms with van der Waals surface area (Å²) in [5.41, 5.74) is 3.05. The zero-order valence-corrected chi connectivity index (χ0v) is 15.3. The Bertz CT molecular complexity index is 994. The molecule has 5 nitrogen and oxygen atoms in total. The highest BCUT2D eigenvalue weighted by atomic mass is 35.5. The molecule has 2 aromatic heterocycles. The number of carbonyl (C=O) groups is 1. The maximum Gasteiger partial charge on any atom is 0.225 e. The first-order valence-electron chi connectivity index (χ1n) is 9.31. The quantitative estimate of drug-likeness (QED) is 0.694. The molecule has 1 amide bonds. The van der Waals surface area contributed by atoms with Gasteiger partial charge in [0.2, 0.25) is 5.91 Å². The third-order valence-corrected chi connectivity index (χ3v) is 5.67. The molecule has 5 rings (SSSR count). The molecule has 3 heterocycles. The van der Waals surface area contributed by atoms with E-state index in [2.05, 4.69) is 27.6 Å². The van der Waals surface area contributed by atoms with E-state index < -0.39 is 0 Å². The Labute approximate surface area is 157 Å². The van der Waals surface area contributed by atoms with E-state index in [9.17, 15) is 4.79 Å². The van der Waals surface area contributed by atoms with E-state index in [1.165, 1.54) is 0 Å². The van der Waals surface area contributed by atoms with Gasteiger partial charge in [0.15, 0.2) is 5.82 Å². The first-order valence-corrected chi connectivity index (χ1v) is 9.68. The summed E-state index contributed by atoms with van der Waals surface area (Å²) in [4.78, 5) is 21.7. The molecule has 2 fully saturated rings. The standard InChI is InChI=1S/C20H21ClN4O/c21-15-6-7-17-16(13-15)22-19(18-3-1-10-25(17)18)23-8-2-9-24(12-11-23)20(26)14-4-5-14/h1,3,6-7,10,13-14H,2,4-5,8-9,11-12H2. The normalized spacial score (nSPS) is 18.5. The zero-order valence-electron chi connectivity index (χ0n) is 14.6. The molecule has 0 bridgehead atoms. The minimum Gasteiger partial charge on any atom is -0.353 e. The zero-order chi connectivity index (χ0) is 17.7. The molecule has 0 spiro atoms. The molecule has 0 atom stereocenters. The third kappa shape index (κ3) is 2.71. The SMILES string of the molecule is O=C(C1CC1)N1CCCN(c2nc3cc(Cl)ccc3n3cccc23)CC1. The van der Waals surface area contributed by atoms with Crippen molar-refractivity contribution in [3.8, 4) is 0 Å². The van der Waals surface area contributed by atoms with E-state index in [1.54, 1.807) is 0 Å². The van der Waals surface area contributed by atoms with Crippen LogP contribution >= 0.6 is 11.6 Å². The van der Waals surface area contributed by atoms with Gasteiger partial charge >= 0.3 is 0 Å². The predicted octanol–water partition coefficient (Wildman–Crippen LogP) is 3.59. The summed E-state index contributed by atoms with van der Waals surface area (Å²) in [6, 6.07) is 9.99. The van der Waals surface area contributed by atoms with Crippen molar-refractivity contribution in [3.05, 3.63) is 41.6 Å². The van der Waals surface area contributed by atoms with Gasteiger partial charge in [-0.3, -0.25) is 4.79 Å². The Morgan fingerprint density at radius 3 is 2.81 bits per heavy atom. The number of nitrogens with zero attached hydrogens (tertiary/aromatic N) is 4. The van der Waals surface area contributed by atoms with Crippen LogP contribution in [-0.2, 0) is 4.79 Å². The molecular formula is C20H21ClN4O. The number of carbonyl (C=O) groups excluding carboxylic acids is 1. The molecule has 134 valence electrons. The van der Waals surface area contributed by atoms with Gasteiger partial charge in [0.25, 0.3) is 0 Å². The average Bonchev–Trinajstić information content (AvgIpc) is 3.42. The monoisotopic (exact) mass is 368 g/mol. The number of benzene rings is 1. The van der Waals surface area contributed by atoms with E-state index in [0.717, 1.165) is 67.8 Å². The van der Waals surface area contributed by atoms with E-state index >= 15 is 0 Å². The predicted molar refractivity (Wildman–Crippen MR) is 104 cm³/mol. The van der Waals surface area contributed by atoms with Crippen LogP contribution in [0.3, 0.4) is 0 Å². The molecule has 0 radical (unpaired) electrons. The van der Waals surface area contributed by atoms with Gasteiger partial charge in [-0.25, -0.2) is 4.98 Å². The average molecular weight is 369 g/mol. The van der Waals surface area contributed by atoms with Crippen molar-refractivity contribution in [1.29, 1.82) is 0 Å². The maximum absolute atomic E-state index is 12.4. The van der Waals surface area contributed by atoms with Crippen LogP contribution in [0, 0.1) is 5.92 Å². The lowest BCUT2D eigenvalue weighted by atomic mass is 10.2. The van der Waals surface area contributed by atoms with Crippen molar-refractivity contribution in [2.45, 2.75) is 19.3 Å². The number of hydrogen-bond donors (Lipinski definition) is 0. The second kappa shape index (κ2) is 6.16. The summed E-state index contributed by atoms with van der Waals surface area (Å²) < 4.78 is 2.17. The lowest BCUT2D eigenvalue weighted by Gasteiger charge is -2.24. The minimum absolute atomic E-state index is 0.292. The highest BCUT2D eigenvalue weighted by molar-refractivity contribution is 6.31. The Balaban J connectivity index is 1.51. The highest BCUT2D eigenvalue weighted by Crippen LogP contribution is 2.32. The van der Waals surface area contributed by atoms with Crippen LogP contribution in [0.4, 0.5) is 5.82 Å². The molecule has 3 aromatic rings. The number of halogens is 1. The number of hydrogen-bond acceptors (Lipinski definition) is 3. The van der Waals surface area contributed by atoms with Gasteiger partial charge in [0, 0.05) is 43.3 Å². The van der Waals surface area contributed by atoms with Gasteiger partial charge in [-0.2, -0.15) is 0 Å². The third-order valence-electron chi connectivity index (χ3n) is 5.43. The first kappa shape index (κ1) is 15.9. The number of rotatable bonds is 2. The van der Waals surface area contributed by atoms with Gasteiger partial charge in [-0.05, 0) is 49.6 Å². The van der Waals surface area contributed by atoms with Crippen molar-refractivity contribution in [2.24, 2.45) is 5.92 Å². The second-order valence-electron chi connectivity index (χ2n) is 7.27. The minimum atomic E-state index is 0.292. The summed E-state index contributed by atoms with van der Waals surface area (Å²) >= 11 is 6.19. The van der Waals surface area contributed by atoms with E-state index in [0.29, 0.717) is 16.8 Å². The lowest BCUT2D eigenvalue weighted by Crippen LogP contribution is -2.36. The lowest BCUT2D eigenvalue weighted by molar-refractivity contribution is -0.132. The second-order valence-corrected chi connectivity index (χ2v) is 7.71. The van der Waals surface area contributed by atoms with Crippen molar-refractivity contribution < 1.29 is 4.79 Å². The topological polar surface area (TPSA) is 40.9 Å². The summed E-state index contributed by atoms with van der Waals surface area (Å²) in [5.74, 6) is 1.61. The van der Waals surface area contributed by atoms with Gasteiger partial charge in [0.1, 0.15) is 0 Å². The molecule has 1 aliphatic carbocycles. The smallest absolute Gasteiger partial charge is 0.225 e. The molecule has 26 heavy (non-hydrogen) atoms. The van der Waals surface area contributed by atoms with Crippen LogP contribution in [0.15, 0.2) is 36.5 Å².